The Kier molecular flexibility index (Phi) is 4.75. The summed E-state index contributed by atoms with van der Waals surface area (Å²) in [7, 11) is 0. The summed E-state index contributed by atoms with van der Waals surface area (Å²) in [6.45, 7) is 2.07. The number of carbonyl (C=O) groups is 1. The van der Waals surface area contributed by atoms with E-state index in [9.17, 15) is 4.79 Å². The lowest BCUT2D eigenvalue weighted by atomic mass is 10.1. The molecule has 0 N–H and O–H groups in total. The first-order chi connectivity index (χ1) is 10.8. The van der Waals surface area contributed by atoms with Crippen molar-refractivity contribution >= 4 is 5.91 Å². The molecule has 0 aromatic carbocycles. The Hall–Kier alpha value is -2.28. The molecular formula is C15H19N5O2. The quantitative estimate of drug-likeness (QED) is 0.805. The summed E-state index contributed by atoms with van der Waals surface area (Å²) in [5, 5.41) is 4.09. The van der Waals surface area contributed by atoms with E-state index in [1.807, 2.05) is 11.0 Å². The monoisotopic (exact) mass is 301 g/mol. The van der Waals surface area contributed by atoms with Crippen LogP contribution in [0.25, 0.3) is 0 Å². The molecule has 1 atom stereocenters. The highest BCUT2D eigenvalue weighted by atomic mass is 16.5. The molecule has 1 aliphatic heterocycles. The molecular weight excluding hydrogens is 282 g/mol. The molecule has 1 fully saturated rings. The van der Waals surface area contributed by atoms with Crippen molar-refractivity contribution in [2.24, 2.45) is 0 Å². The van der Waals surface area contributed by atoms with Crippen molar-refractivity contribution in [1.29, 1.82) is 0 Å². The van der Waals surface area contributed by atoms with Crippen LogP contribution in [0.4, 0.5) is 0 Å². The van der Waals surface area contributed by atoms with Crippen LogP contribution < -0.4 is 0 Å². The Morgan fingerprint density at radius 3 is 3.09 bits per heavy atom. The number of nitrogens with zero attached hydrogens (tertiary/aromatic N) is 5. The van der Waals surface area contributed by atoms with Crippen molar-refractivity contribution < 1.29 is 9.53 Å². The molecule has 1 aliphatic rings. The average Bonchev–Trinajstić information content (AvgIpc) is 3.07. The highest BCUT2D eigenvalue weighted by molar-refractivity contribution is 5.76. The van der Waals surface area contributed by atoms with Gasteiger partial charge in [0.15, 0.2) is 0 Å². The third kappa shape index (κ3) is 3.67. The summed E-state index contributed by atoms with van der Waals surface area (Å²) in [6.07, 6.45) is 10.2. The Labute approximate surface area is 128 Å². The van der Waals surface area contributed by atoms with Gasteiger partial charge in [-0.25, -0.2) is 0 Å². The van der Waals surface area contributed by atoms with Gasteiger partial charge >= 0.3 is 0 Å². The van der Waals surface area contributed by atoms with Crippen molar-refractivity contribution in [2.45, 2.75) is 25.4 Å². The number of hydrogen-bond acceptors (Lipinski definition) is 5. The SMILES string of the molecule is O=C(Cn1cccn1)N1CCOCC1CCc1cnccn1. The first-order valence-electron chi connectivity index (χ1n) is 7.42. The van der Waals surface area contributed by atoms with E-state index >= 15 is 0 Å². The second kappa shape index (κ2) is 7.13. The van der Waals surface area contributed by atoms with E-state index in [-0.39, 0.29) is 18.5 Å². The molecule has 0 saturated carbocycles. The zero-order valence-corrected chi connectivity index (χ0v) is 12.3. The lowest BCUT2D eigenvalue weighted by molar-refractivity contribution is -0.141. The van der Waals surface area contributed by atoms with Gasteiger partial charge < -0.3 is 9.64 Å². The van der Waals surface area contributed by atoms with Crippen LogP contribution in [-0.2, 0) is 22.5 Å². The molecule has 0 bridgehead atoms. The molecule has 0 radical (unpaired) electrons. The van der Waals surface area contributed by atoms with Gasteiger partial charge in [-0.3, -0.25) is 19.4 Å². The van der Waals surface area contributed by atoms with Crippen molar-refractivity contribution in [3.8, 4) is 0 Å². The van der Waals surface area contributed by atoms with Crippen LogP contribution >= 0.6 is 0 Å². The molecule has 2 aromatic rings. The first kappa shape index (κ1) is 14.6. The van der Waals surface area contributed by atoms with Crippen molar-refractivity contribution in [3.63, 3.8) is 0 Å². The average molecular weight is 301 g/mol. The maximum Gasteiger partial charge on any atom is 0.244 e. The Bertz CT molecular complexity index is 587. The number of morpholine rings is 1. The molecule has 3 rings (SSSR count). The summed E-state index contributed by atoms with van der Waals surface area (Å²) in [6, 6.07) is 1.90. The van der Waals surface area contributed by atoms with E-state index in [1.54, 1.807) is 35.7 Å². The van der Waals surface area contributed by atoms with Crippen molar-refractivity contribution in [3.05, 3.63) is 42.7 Å². The number of carbonyl (C=O) groups excluding carboxylic acids is 1. The van der Waals surface area contributed by atoms with Crippen LogP contribution in [0.5, 0.6) is 0 Å². The normalized spacial score (nSPS) is 18.4. The van der Waals surface area contributed by atoms with Crippen LogP contribution in [-0.4, -0.2) is 56.4 Å². The van der Waals surface area contributed by atoms with Crippen molar-refractivity contribution in [1.82, 2.24) is 24.6 Å². The second-order valence-corrected chi connectivity index (χ2v) is 5.25. The fraction of sp³-hybridized carbons (Fsp3) is 0.467. The minimum Gasteiger partial charge on any atom is -0.377 e. The minimum atomic E-state index is 0.0798. The molecule has 0 aliphatic carbocycles. The maximum absolute atomic E-state index is 12.5. The first-order valence-corrected chi connectivity index (χ1v) is 7.42. The highest BCUT2D eigenvalue weighted by Crippen LogP contribution is 2.14. The number of amides is 1. The smallest absolute Gasteiger partial charge is 0.244 e. The van der Waals surface area contributed by atoms with E-state index in [1.165, 1.54) is 0 Å². The Morgan fingerprint density at radius 1 is 1.36 bits per heavy atom. The number of rotatable bonds is 5. The fourth-order valence-corrected chi connectivity index (χ4v) is 2.62. The van der Waals surface area contributed by atoms with Crippen LogP contribution in [0.15, 0.2) is 37.1 Å². The van der Waals surface area contributed by atoms with Crippen LogP contribution in [0.1, 0.15) is 12.1 Å². The molecule has 0 spiro atoms. The molecule has 1 saturated heterocycles. The topological polar surface area (TPSA) is 73.1 Å². The summed E-state index contributed by atoms with van der Waals surface area (Å²) in [5.41, 5.74) is 0.938. The predicted molar refractivity (Wildman–Crippen MR) is 78.9 cm³/mol. The predicted octanol–water partition coefficient (Wildman–Crippen LogP) is 0.533. The zero-order valence-electron chi connectivity index (χ0n) is 12.3. The molecule has 7 heteroatoms. The molecule has 1 unspecified atom stereocenters. The van der Waals surface area contributed by atoms with Gasteiger partial charge in [0, 0.05) is 37.5 Å². The molecule has 116 valence electrons. The zero-order chi connectivity index (χ0) is 15.2. The molecule has 2 aromatic heterocycles. The summed E-state index contributed by atoms with van der Waals surface area (Å²) in [4.78, 5) is 22.7. The number of ether oxygens (including phenoxy) is 1. The number of aromatic nitrogens is 4. The van der Waals surface area contributed by atoms with Crippen LogP contribution in [0.2, 0.25) is 0 Å². The molecule has 3 heterocycles. The van der Waals surface area contributed by atoms with E-state index in [2.05, 4.69) is 15.1 Å². The van der Waals surface area contributed by atoms with Gasteiger partial charge in [-0.05, 0) is 18.9 Å². The standard InChI is InChI=1S/C15H19N5O2/c21-15(11-19-7-1-4-18-19)20-8-9-22-12-14(20)3-2-13-10-16-5-6-17-13/h1,4-7,10,14H,2-3,8-9,11-12H2. The van der Waals surface area contributed by atoms with Gasteiger partial charge in [-0.15, -0.1) is 0 Å². The van der Waals surface area contributed by atoms with Gasteiger partial charge in [0.05, 0.1) is 24.9 Å². The Morgan fingerprint density at radius 2 is 2.32 bits per heavy atom. The summed E-state index contributed by atoms with van der Waals surface area (Å²) >= 11 is 0. The molecule has 7 nitrogen and oxygen atoms in total. The molecule has 22 heavy (non-hydrogen) atoms. The largest absolute Gasteiger partial charge is 0.377 e. The summed E-state index contributed by atoms with van der Waals surface area (Å²) < 4.78 is 7.18. The third-order valence-corrected chi connectivity index (χ3v) is 3.75. The van der Waals surface area contributed by atoms with E-state index in [4.69, 9.17) is 4.74 Å². The fourth-order valence-electron chi connectivity index (χ4n) is 2.62. The number of hydrogen-bond donors (Lipinski definition) is 0. The number of aryl methyl sites for hydroxylation is 1. The third-order valence-electron chi connectivity index (χ3n) is 3.75. The maximum atomic E-state index is 12.5. The minimum absolute atomic E-state index is 0.0798. The van der Waals surface area contributed by atoms with E-state index in [0.717, 1.165) is 18.5 Å². The van der Waals surface area contributed by atoms with Gasteiger partial charge in [-0.2, -0.15) is 5.10 Å². The Balaban J connectivity index is 1.59. The molecule has 1 amide bonds. The lowest BCUT2D eigenvalue weighted by Crippen LogP contribution is -2.50. The van der Waals surface area contributed by atoms with Crippen LogP contribution in [0, 0.1) is 0 Å². The van der Waals surface area contributed by atoms with Crippen LogP contribution in [0.3, 0.4) is 0 Å². The second-order valence-electron chi connectivity index (χ2n) is 5.25. The van der Waals surface area contributed by atoms with Gasteiger partial charge in [0.2, 0.25) is 5.91 Å². The van der Waals surface area contributed by atoms with E-state index in [0.29, 0.717) is 19.8 Å². The van der Waals surface area contributed by atoms with Crippen molar-refractivity contribution in [2.75, 3.05) is 19.8 Å². The van der Waals surface area contributed by atoms with Gasteiger partial charge in [0.1, 0.15) is 6.54 Å². The highest BCUT2D eigenvalue weighted by Gasteiger charge is 2.27. The van der Waals surface area contributed by atoms with E-state index < -0.39 is 0 Å². The van der Waals surface area contributed by atoms with Gasteiger partial charge in [0.25, 0.3) is 0 Å². The summed E-state index contributed by atoms with van der Waals surface area (Å²) in [5.74, 6) is 0.0798. The van der Waals surface area contributed by atoms with Gasteiger partial charge in [-0.1, -0.05) is 0 Å². The lowest BCUT2D eigenvalue weighted by Gasteiger charge is -2.35.